The zero-order valence-electron chi connectivity index (χ0n) is 10.0. The van der Waals surface area contributed by atoms with Gasteiger partial charge in [-0.05, 0) is 41.6 Å². The van der Waals surface area contributed by atoms with Crippen LogP contribution in [0.15, 0.2) is 0 Å². The summed E-state index contributed by atoms with van der Waals surface area (Å²) in [5.74, 6) is 1.56. The van der Waals surface area contributed by atoms with Crippen molar-refractivity contribution >= 4 is 17.7 Å². The van der Waals surface area contributed by atoms with Gasteiger partial charge in [-0.2, -0.15) is 11.8 Å². The normalized spacial score (nSPS) is 18.9. The van der Waals surface area contributed by atoms with Crippen molar-refractivity contribution < 1.29 is 9.90 Å². The van der Waals surface area contributed by atoms with Crippen molar-refractivity contribution in [2.24, 2.45) is 10.8 Å². The molecule has 1 aliphatic carbocycles. The van der Waals surface area contributed by atoms with Gasteiger partial charge in [-0.3, -0.25) is 4.79 Å². The average Bonchev–Trinajstić information content (AvgIpc) is 2.76. The second kappa shape index (κ2) is 4.77. The van der Waals surface area contributed by atoms with Crippen LogP contribution in [0, 0.1) is 10.8 Å². The van der Waals surface area contributed by atoms with Crippen LogP contribution in [0.1, 0.15) is 46.5 Å². The Morgan fingerprint density at radius 1 is 1.40 bits per heavy atom. The molecule has 0 saturated heterocycles. The van der Waals surface area contributed by atoms with E-state index in [9.17, 15) is 4.79 Å². The van der Waals surface area contributed by atoms with Crippen molar-refractivity contribution in [1.82, 2.24) is 0 Å². The minimum Gasteiger partial charge on any atom is -0.481 e. The SMILES string of the molecule is CC(C)(C)CCSCC1(CC(=O)O)CC1. The molecule has 2 nitrogen and oxygen atoms in total. The summed E-state index contributed by atoms with van der Waals surface area (Å²) in [5, 5.41) is 8.77. The summed E-state index contributed by atoms with van der Waals surface area (Å²) in [7, 11) is 0. The van der Waals surface area contributed by atoms with Crippen LogP contribution in [-0.2, 0) is 4.79 Å². The number of rotatable bonds is 6. The van der Waals surface area contributed by atoms with E-state index in [2.05, 4.69) is 20.8 Å². The second-order valence-electron chi connectivity index (χ2n) is 5.93. The largest absolute Gasteiger partial charge is 0.481 e. The fourth-order valence-electron chi connectivity index (χ4n) is 1.54. The van der Waals surface area contributed by atoms with Crippen LogP contribution in [0.5, 0.6) is 0 Å². The average molecular weight is 230 g/mol. The molecule has 0 amide bonds. The fraction of sp³-hybridized carbons (Fsp3) is 0.917. The number of hydrogen-bond donors (Lipinski definition) is 1. The van der Waals surface area contributed by atoms with E-state index in [0.29, 0.717) is 11.8 Å². The molecule has 0 aromatic heterocycles. The van der Waals surface area contributed by atoms with Crippen LogP contribution in [0.3, 0.4) is 0 Å². The lowest BCUT2D eigenvalue weighted by molar-refractivity contribution is -0.138. The zero-order chi connectivity index (χ0) is 11.5. The van der Waals surface area contributed by atoms with Gasteiger partial charge in [0.25, 0.3) is 0 Å². The molecule has 0 bridgehead atoms. The Balaban J connectivity index is 2.12. The molecule has 0 aromatic rings. The Morgan fingerprint density at radius 3 is 2.40 bits per heavy atom. The fourth-order valence-corrected chi connectivity index (χ4v) is 3.26. The first kappa shape index (κ1) is 12.9. The summed E-state index contributed by atoms with van der Waals surface area (Å²) in [6.07, 6.45) is 3.81. The van der Waals surface area contributed by atoms with E-state index in [1.807, 2.05) is 11.8 Å². The first-order valence-corrected chi connectivity index (χ1v) is 6.78. The molecule has 1 N–H and O–H groups in total. The van der Waals surface area contributed by atoms with Crippen LogP contribution in [0.25, 0.3) is 0 Å². The number of carboxylic acid groups (broad SMARTS) is 1. The lowest BCUT2D eigenvalue weighted by Crippen LogP contribution is -2.12. The van der Waals surface area contributed by atoms with Gasteiger partial charge in [-0.15, -0.1) is 0 Å². The first-order valence-electron chi connectivity index (χ1n) is 5.63. The Bertz CT molecular complexity index is 226. The molecule has 3 heteroatoms. The number of hydrogen-bond acceptors (Lipinski definition) is 2. The predicted octanol–water partition coefficient (Wildman–Crippen LogP) is 3.41. The van der Waals surface area contributed by atoms with E-state index in [-0.39, 0.29) is 5.41 Å². The van der Waals surface area contributed by atoms with E-state index < -0.39 is 5.97 Å². The summed E-state index contributed by atoms with van der Waals surface area (Å²) >= 11 is 1.93. The van der Waals surface area contributed by atoms with Crippen molar-refractivity contribution in [2.45, 2.75) is 46.5 Å². The van der Waals surface area contributed by atoms with Crippen LogP contribution in [0.2, 0.25) is 0 Å². The molecule has 0 spiro atoms. The van der Waals surface area contributed by atoms with Crippen molar-refractivity contribution in [3.63, 3.8) is 0 Å². The molecular formula is C12H22O2S. The summed E-state index contributed by atoms with van der Waals surface area (Å²) in [6, 6.07) is 0. The summed E-state index contributed by atoms with van der Waals surface area (Å²) in [6.45, 7) is 6.74. The highest BCUT2D eigenvalue weighted by atomic mass is 32.2. The maximum Gasteiger partial charge on any atom is 0.303 e. The third-order valence-corrected chi connectivity index (χ3v) is 4.20. The second-order valence-corrected chi connectivity index (χ2v) is 7.04. The lowest BCUT2D eigenvalue weighted by atomic mass is 9.94. The molecule has 1 aliphatic rings. The highest BCUT2D eigenvalue weighted by Crippen LogP contribution is 2.51. The van der Waals surface area contributed by atoms with E-state index in [1.54, 1.807) is 0 Å². The molecule has 1 fully saturated rings. The molecule has 0 aliphatic heterocycles. The van der Waals surface area contributed by atoms with Crippen molar-refractivity contribution in [3.8, 4) is 0 Å². The predicted molar refractivity (Wildman–Crippen MR) is 65.3 cm³/mol. The number of carbonyl (C=O) groups is 1. The van der Waals surface area contributed by atoms with Gasteiger partial charge >= 0.3 is 5.97 Å². The van der Waals surface area contributed by atoms with Gasteiger partial charge < -0.3 is 5.11 Å². The number of carboxylic acids is 1. The molecule has 0 radical (unpaired) electrons. The molecule has 0 heterocycles. The third-order valence-electron chi connectivity index (χ3n) is 2.89. The Morgan fingerprint density at radius 2 is 2.00 bits per heavy atom. The molecule has 0 aromatic carbocycles. The smallest absolute Gasteiger partial charge is 0.303 e. The maximum atomic E-state index is 10.6. The van der Waals surface area contributed by atoms with Gasteiger partial charge in [0.15, 0.2) is 0 Å². The monoisotopic (exact) mass is 230 g/mol. The lowest BCUT2D eigenvalue weighted by Gasteiger charge is -2.18. The van der Waals surface area contributed by atoms with Gasteiger partial charge in [0.05, 0.1) is 6.42 Å². The summed E-state index contributed by atoms with van der Waals surface area (Å²) < 4.78 is 0. The molecular weight excluding hydrogens is 208 g/mol. The zero-order valence-corrected chi connectivity index (χ0v) is 10.8. The van der Waals surface area contributed by atoms with E-state index in [1.165, 1.54) is 6.42 Å². The van der Waals surface area contributed by atoms with Gasteiger partial charge in [0.2, 0.25) is 0 Å². The van der Waals surface area contributed by atoms with Gasteiger partial charge in [-0.1, -0.05) is 20.8 Å². The molecule has 1 saturated carbocycles. The molecule has 0 atom stereocenters. The number of aliphatic carboxylic acids is 1. The number of thioether (sulfide) groups is 1. The van der Waals surface area contributed by atoms with Crippen LogP contribution in [0.4, 0.5) is 0 Å². The van der Waals surface area contributed by atoms with Gasteiger partial charge in [-0.25, -0.2) is 0 Å². The van der Waals surface area contributed by atoms with Crippen LogP contribution in [-0.4, -0.2) is 22.6 Å². The maximum absolute atomic E-state index is 10.6. The van der Waals surface area contributed by atoms with E-state index >= 15 is 0 Å². The summed E-state index contributed by atoms with van der Waals surface area (Å²) in [5.41, 5.74) is 0.560. The minimum atomic E-state index is -0.635. The van der Waals surface area contributed by atoms with Crippen LogP contribution >= 0.6 is 11.8 Å². The first-order chi connectivity index (χ1) is 6.83. The molecule has 88 valence electrons. The van der Waals surface area contributed by atoms with Crippen molar-refractivity contribution in [2.75, 3.05) is 11.5 Å². The topological polar surface area (TPSA) is 37.3 Å². The van der Waals surface area contributed by atoms with Crippen LogP contribution < -0.4 is 0 Å². The summed E-state index contributed by atoms with van der Waals surface area (Å²) in [4.78, 5) is 10.6. The molecule has 1 rings (SSSR count). The Kier molecular flexibility index (Phi) is 4.10. The van der Waals surface area contributed by atoms with Gasteiger partial charge in [0, 0.05) is 0 Å². The third kappa shape index (κ3) is 5.45. The van der Waals surface area contributed by atoms with Gasteiger partial charge in [0.1, 0.15) is 0 Å². The molecule has 15 heavy (non-hydrogen) atoms. The standard InChI is InChI=1S/C12H22O2S/c1-11(2,3)6-7-15-9-12(4-5-12)8-10(13)14/h4-9H2,1-3H3,(H,13,14). The highest BCUT2D eigenvalue weighted by molar-refractivity contribution is 7.99. The molecule has 0 unspecified atom stereocenters. The minimum absolute atomic E-state index is 0.161. The van der Waals surface area contributed by atoms with E-state index in [4.69, 9.17) is 5.11 Å². The highest BCUT2D eigenvalue weighted by Gasteiger charge is 2.43. The van der Waals surface area contributed by atoms with E-state index in [0.717, 1.165) is 24.3 Å². The van der Waals surface area contributed by atoms with Crippen molar-refractivity contribution in [1.29, 1.82) is 0 Å². The van der Waals surface area contributed by atoms with Crippen molar-refractivity contribution in [3.05, 3.63) is 0 Å². The quantitative estimate of drug-likeness (QED) is 0.710. The Labute approximate surface area is 96.8 Å². The Hall–Kier alpha value is -0.180.